The van der Waals surface area contributed by atoms with Gasteiger partial charge in [0, 0.05) is 10.6 Å². The van der Waals surface area contributed by atoms with Gasteiger partial charge in [-0.25, -0.2) is 0 Å². The van der Waals surface area contributed by atoms with Gasteiger partial charge in [-0.3, -0.25) is 4.99 Å². The molecule has 0 aromatic heterocycles. The van der Waals surface area contributed by atoms with E-state index < -0.39 is 0 Å². The van der Waals surface area contributed by atoms with E-state index in [0.717, 1.165) is 10.5 Å². The van der Waals surface area contributed by atoms with Crippen LogP contribution < -0.4 is 5.32 Å². The van der Waals surface area contributed by atoms with E-state index >= 15 is 0 Å². The maximum absolute atomic E-state index is 9.62. The number of nitrogens with one attached hydrogen (secondary N) is 1. The van der Waals surface area contributed by atoms with Crippen molar-refractivity contribution in [2.24, 2.45) is 4.99 Å². The normalized spacial score (nSPS) is 24.2. The Bertz CT molecular complexity index is 411. The molecule has 16 heavy (non-hydrogen) atoms. The van der Waals surface area contributed by atoms with Crippen molar-refractivity contribution in [1.29, 1.82) is 0 Å². The number of anilines is 1. The molecule has 0 aliphatic carbocycles. The Hall–Kier alpha value is -0.680. The lowest BCUT2D eigenvalue weighted by molar-refractivity contribution is 0.478. The lowest BCUT2D eigenvalue weighted by Gasteiger charge is -2.09. The standard InChI is InChI=1S/C11H13BrN2OS/c1-7-10(6-12)16-11(13-7)14-8-4-2-3-5-9(8)15/h2-5,7,10,15H,6H2,1H3,(H,13,14). The fourth-order valence-electron chi connectivity index (χ4n) is 1.46. The molecule has 2 unspecified atom stereocenters. The molecule has 0 saturated carbocycles. The van der Waals surface area contributed by atoms with Gasteiger partial charge in [0.25, 0.3) is 0 Å². The van der Waals surface area contributed by atoms with Crippen LogP contribution in [-0.2, 0) is 0 Å². The highest BCUT2D eigenvalue weighted by molar-refractivity contribution is 9.09. The van der Waals surface area contributed by atoms with Crippen molar-refractivity contribution in [3.8, 4) is 5.75 Å². The van der Waals surface area contributed by atoms with Crippen molar-refractivity contribution < 1.29 is 5.11 Å². The number of aromatic hydroxyl groups is 1. The number of halogens is 1. The summed E-state index contributed by atoms with van der Waals surface area (Å²) in [6, 6.07) is 7.48. The number of hydrogen-bond acceptors (Lipinski definition) is 4. The highest BCUT2D eigenvalue weighted by Crippen LogP contribution is 2.31. The van der Waals surface area contributed by atoms with E-state index in [1.807, 2.05) is 12.1 Å². The summed E-state index contributed by atoms with van der Waals surface area (Å²) in [5.74, 6) is 0.251. The van der Waals surface area contributed by atoms with E-state index in [0.29, 0.717) is 17.0 Å². The number of para-hydroxylation sites is 2. The molecule has 1 aliphatic rings. The fourth-order valence-corrected chi connectivity index (χ4v) is 3.40. The van der Waals surface area contributed by atoms with Crippen LogP contribution in [0.1, 0.15) is 6.92 Å². The predicted octanol–water partition coefficient (Wildman–Crippen LogP) is 3.06. The molecule has 1 aromatic rings. The van der Waals surface area contributed by atoms with Gasteiger partial charge in [0.1, 0.15) is 5.75 Å². The first-order valence-corrected chi connectivity index (χ1v) is 7.06. The number of rotatable bonds is 2. The molecule has 2 N–H and O–H groups in total. The lowest BCUT2D eigenvalue weighted by Crippen LogP contribution is -2.14. The topological polar surface area (TPSA) is 44.6 Å². The minimum Gasteiger partial charge on any atom is -0.506 e. The highest BCUT2D eigenvalue weighted by atomic mass is 79.9. The third-order valence-corrected chi connectivity index (χ3v) is 4.84. The molecule has 0 amide bonds. The van der Waals surface area contributed by atoms with E-state index in [9.17, 15) is 5.11 Å². The monoisotopic (exact) mass is 300 g/mol. The van der Waals surface area contributed by atoms with Gasteiger partial charge >= 0.3 is 0 Å². The summed E-state index contributed by atoms with van der Waals surface area (Å²) in [5, 5.41) is 15.0. The Balaban J connectivity index is 2.07. The molecule has 1 heterocycles. The van der Waals surface area contributed by atoms with E-state index in [4.69, 9.17) is 0 Å². The first kappa shape index (κ1) is 11.8. The number of alkyl halides is 1. The Labute approximate surface area is 107 Å². The van der Waals surface area contributed by atoms with Crippen LogP contribution in [0, 0.1) is 0 Å². The van der Waals surface area contributed by atoms with Crippen LogP contribution in [0.5, 0.6) is 5.75 Å². The summed E-state index contributed by atoms with van der Waals surface area (Å²) < 4.78 is 0. The number of hydrogen-bond donors (Lipinski definition) is 2. The molecule has 0 spiro atoms. The summed E-state index contributed by atoms with van der Waals surface area (Å²) in [4.78, 5) is 4.50. The van der Waals surface area contributed by atoms with Crippen molar-refractivity contribution >= 4 is 38.5 Å². The molecule has 0 radical (unpaired) electrons. The number of phenols is 1. The molecule has 0 bridgehead atoms. The zero-order valence-electron chi connectivity index (χ0n) is 8.85. The molecular weight excluding hydrogens is 288 g/mol. The smallest absolute Gasteiger partial charge is 0.161 e. The second-order valence-corrected chi connectivity index (χ2v) is 5.50. The van der Waals surface area contributed by atoms with Gasteiger partial charge in [-0.15, -0.1) is 0 Å². The minimum atomic E-state index is 0.251. The van der Waals surface area contributed by atoms with E-state index in [1.165, 1.54) is 0 Å². The SMILES string of the molecule is CC1N=C(Nc2ccccc2O)SC1CBr. The van der Waals surface area contributed by atoms with Crippen LogP contribution in [0.3, 0.4) is 0 Å². The average Bonchev–Trinajstić information content (AvgIpc) is 2.62. The second kappa shape index (κ2) is 5.10. The summed E-state index contributed by atoms with van der Waals surface area (Å²) in [7, 11) is 0. The number of aliphatic imine (C=N–C) groups is 1. The molecular formula is C11H13BrN2OS. The molecule has 0 saturated heterocycles. The highest BCUT2D eigenvalue weighted by Gasteiger charge is 2.26. The lowest BCUT2D eigenvalue weighted by atomic mass is 10.3. The first-order chi connectivity index (χ1) is 7.70. The summed E-state index contributed by atoms with van der Waals surface area (Å²) >= 11 is 5.18. The van der Waals surface area contributed by atoms with Crippen molar-refractivity contribution in [2.75, 3.05) is 10.6 Å². The Kier molecular flexibility index (Phi) is 3.76. The number of thioether (sulfide) groups is 1. The first-order valence-electron chi connectivity index (χ1n) is 5.06. The largest absolute Gasteiger partial charge is 0.506 e. The van der Waals surface area contributed by atoms with Crippen LogP contribution in [0.25, 0.3) is 0 Å². The van der Waals surface area contributed by atoms with Gasteiger partial charge in [0.05, 0.1) is 11.7 Å². The van der Waals surface area contributed by atoms with Gasteiger partial charge in [-0.1, -0.05) is 39.8 Å². The van der Waals surface area contributed by atoms with E-state index in [1.54, 1.807) is 23.9 Å². The van der Waals surface area contributed by atoms with Crippen molar-refractivity contribution in [1.82, 2.24) is 0 Å². The Morgan fingerprint density at radius 3 is 2.88 bits per heavy atom. The van der Waals surface area contributed by atoms with Gasteiger partial charge < -0.3 is 10.4 Å². The maximum atomic E-state index is 9.62. The molecule has 1 aromatic carbocycles. The average molecular weight is 301 g/mol. The van der Waals surface area contributed by atoms with Crippen molar-refractivity contribution in [3.05, 3.63) is 24.3 Å². The second-order valence-electron chi connectivity index (χ2n) is 3.63. The summed E-state index contributed by atoms with van der Waals surface area (Å²) in [6.07, 6.45) is 0. The molecule has 1 aliphatic heterocycles. The van der Waals surface area contributed by atoms with Gasteiger partial charge in [-0.05, 0) is 19.1 Å². The minimum absolute atomic E-state index is 0.251. The zero-order chi connectivity index (χ0) is 11.5. The van der Waals surface area contributed by atoms with Crippen molar-refractivity contribution in [3.63, 3.8) is 0 Å². The van der Waals surface area contributed by atoms with E-state index in [2.05, 4.69) is 33.2 Å². The Morgan fingerprint density at radius 1 is 1.50 bits per heavy atom. The number of amidine groups is 1. The van der Waals surface area contributed by atoms with Crippen LogP contribution in [0.15, 0.2) is 29.3 Å². The fraction of sp³-hybridized carbons (Fsp3) is 0.364. The van der Waals surface area contributed by atoms with Crippen LogP contribution >= 0.6 is 27.7 Å². The number of nitrogens with zero attached hydrogens (tertiary/aromatic N) is 1. The van der Waals surface area contributed by atoms with Crippen LogP contribution in [-0.4, -0.2) is 26.9 Å². The molecule has 86 valence electrons. The number of phenolic OH excluding ortho intramolecular Hbond substituents is 1. The molecule has 0 fully saturated rings. The van der Waals surface area contributed by atoms with E-state index in [-0.39, 0.29) is 5.75 Å². The maximum Gasteiger partial charge on any atom is 0.161 e. The predicted molar refractivity (Wildman–Crippen MR) is 73.8 cm³/mol. The van der Waals surface area contributed by atoms with Gasteiger partial charge in [-0.2, -0.15) is 0 Å². The molecule has 2 atom stereocenters. The van der Waals surface area contributed by atoms with Crippen LogP contribution in [0.2, 0.25) is 0 Å². The zero-order valence-corrected chi connectivity index (χ0v) is 11.3. The number of benzene rings is 1. The third-order valence-electron chi connectivity index (χ3n) is 2.42. The summed E-state index contributed by atoms with van der Waals surface area (Å²) in [6.45, 7) is 2.10. The quantitative estimate of drug-likeness (QED) is 0.652. The van der Waals surface area contributed by atoms with Gasteiger partial charge in [0.2, 0.25) is 0 Å². The molecule has 5 heteroatoms. The Morgan fingerprint density at radius 2 is 2.25 bits per heavy atom. The summed E-state index contributed by atoms with van der Waals surface area (Å²) in [5.41, 5.74) is 0.705. The molecule has 3 nitrogen and oxygen atoms in total. The third kappa shape index (κ3) is 2.52. The van der Waals surface area contributed by atoms with Crippen LogP contribution in [0.4, 0.5) is 5.69 Å². The van der Waals surface area contributed by atoms with Crippen molar-refractivity contribution in [2.45, 2.75) is 18.2 Å². The molecule has 2 rings (SSSR count). The van der Waals surface area contributed by atoms with Gasteiger partial charge in [0.15, 0.2) is 5.17 Å².